The van der Waals surface area contributed by atoms with Crippen molar-refractivity contribution in [3.05, 3.63) is 82.5 Å². The van der Waals surface area contributed by atoms with Crippen LogP contribution < -0.4 is 29.1 Å². The third-order valence-electron chi connectivity index (χ3n) is 6.69. The van der Waals surface area contributed by atoms with Crippen LogP contribution in [0.25, 0.3) is 6.08 Å². The quantitative estimate of drug-likeness (QED) is 0.360. The van der Waals surface area contributed by atoms with Crippen LogP contribution in [0.1, 0.15) is 37.9 Å². The van der Waals surface area contributed by atoms with Gasteiger partial charge in [-0.2, -0.15) is 0 Å². The van der Waals surface area contributed by atoms with E-state index < -0.39 is 18.6 Å². The number of amides is 1. The first-order valence-electron chi connectivity index (χ1n) is 12.9. The molecule has 10 nitrogen and oxygen atoms in total. The van der Waals surface area contributed by atoms with Gasteiger partial charge < -0.3 is 24.2 Å². The zero-order chi connectivity index (χ0) is 30.7. The van der Waals surface area contributed by atoms with Gasteiger partial charge in [-0.05, 0) is 62.7 Å². The van der Waals surface area contributed by atoms with Crippen molar-refractivity contribution in [2.75, 3.05) is 33.9 Å². The van der Waals surface area contributed by atoms with Crippen molar-refractivity contribution in [3.8, 4) is 17.2 Å². The molecule has 1 aliphatic rings. The van der Waals surface area contributed by atoms with E-state index in [0.29, 0.717) is 56.3 Å². The Morgan fingerprint density at radius 3 is 2.36 bits per heavy atom. The standard InChI is InChI=1S/C29H29Cl2N3O7S/c1-6-33(7-2)28(38)24-15(3)32-29-34(25(24)18-13-17(39-4)8-9-21(18)40-5)27(37)22(42-29)12-16-10-19(30)26(20(31)11-16)41-14-23(35)36/h8-13,25H,6-7,14H2,1-5H3,(H,35,36)/b22-12+/t25-/m0/s1. The molecule has 0 saturated heterocycles. The van der Waals surface area contributed by atoms with Gasteiger partial charge in [0.15, 0.2) is 17.2 Å². The number of methoxy groups -OCH3 is 2. The van der Waals surface area contributed by atoms with E-state index in [1.807, 2.05) is 13.8 Å². The number of rotatable bonds is 10. The van der Waals surface area contributed by atoms with Gasteiger partial charge in [0, 0.05) is 18.7 Å². The van der Waals surface area contributed by atoms with Crippen molar-refractivity contribution in [1.82, 2.24) is 9.47 Å². The highest BCUT2D eigenvalue weighted by Gasteiger charge is 2.36. The van der Waals surface area contributed by atoms with E-state index in [2.05, 4.69) is 4.99 Å². The molecule has 0 bridgehead atoms. The van der Waals surface area contributed by atoms with Crippen LogP contribution in [0.3, 0.4) is 0 Å². The number of ether oxygens (including phenoxy) is 3. The zero-order valence-electron chi connectivity index (χ0n) is 23.6. The van der Waals surface area contributed by atoms with Crippen LogP contribution >= 0.6 is 34.5 Å². The molecule has 0 radical (unpaired) electrons. The minimum atomic E-state index is -1.18. The molecule has 222 valence electrons. The number of aromatic nitrogens is 1. The molecule has 42 heavy (non-hydrogen) atoms. The van der Waals surface area contributed by atoms with Gasteiger partial charge in [-0.25, -0.2) is 9.79 Å². The highest BCUT2D eigenvalue weighted by molar-refractivity contribution is 7.07. The van der Waals surface area contributed by atoms with E-state index in [1.165, 1.54) is 30.9 Å². The van der Waals surface area contributed by atoms with Crippen molar-refractivity contribution >= 4 is 52.5 Å². The van der Waals surface area contributed by atoms with Gasteiger partial charge >= 0.3 is 5.97 Å². The lowest BCUT2D eigenvalue weighted by Gasteiger charge is -2.30. The van der Waals surface area contributed by atoms with Crippen molar-refractivity contribution < 1.29 is 28.9 Å². The summed E-state index contributed by atoms with van der Waals surface area (Å²) < 4.78 is 18.1. The number of thiazole rings is 1. The number of carbonyl (C=O) groups is 2. The molecule has 1 N–H and O–H groups in total. The van der Waals surface area contributed by atoms with Crippen molar-refractivity contribution in [1.29, 1.82) is 0 Å². The molecule has 2 heterocycles. The molecule has 1 amide bonds. The summed E-state index contributed by atoms with van der Waals surface area (Å²) in [5, 5.41) is 9.08. The summed E-state index contributed by atoms with van der Waals surface area (Å²) in [6.45, 7) is 5.88. The van der Waals surface area contributed by atoms with Gasteiger partial charge in [0.1, 0.15) is 17.5 Å². The smallest absolute Gasteiger partial charge is 0.341 e. The van der Waals surface area contributed by atoms with Crippen molar-refractivity contribution in [2.24, 2.45) is 4.99 Å². The highest BCUT2D eigenvalue weighted by atomic mass is 35.5. The van der Waals surface area contributed by atoms with Crippen molar-refractivity contribution in [2.45, 2.75) is 26.8 Å². The van der Waals surface area contributed by atoms with Crippen molar-refractivity contribution in [3.63, 3.8) is 0 Å². The number of hydrogen-bond acceptors (Lipinski definition) is 8. The fraction of sp³-hybridized carbons (Fsp3) is 0.310. The Kier molecular flexibility index (Phi) is 9.65. The maximum atomic E-state index is 14.1. The fourth-order valence-corrected chi connectivity index (χ4v) is 6.37. The molecule has 1 aliphatic heterocycles. The second-order valence-corrected chi connectivity index (χ2v) is 11.0. The van der Waals surface area contributed by atoms with Gasteiger partial charge in [-0.1, -0.05) is 34.5 Å². The van der Waals surface area contributed by atoms with E-state index in [1.54, 1.807) is 36.1 Å². The second kappa shape index (κ2) is 13.0. The number of carboxylic acids is 1. The fourth-order valence-electron chi connectivity index (χ4n) is 4.71. The van der Waals surface area contributed by atoms with Crippen LogP contribution in [0.4, 0.5) is 0 Å². The van der Waals surface area contributed by atoms with Gasteiger partial charge in [-0.15, -0.1) is 0 Å². The van der Waals surface area contributed by atoms with E-state index in [9.17, 15) is 14.4 Å². The molecule has 0 unspecified atom stereocenters. The summed E-state index contributed by atoms with van der Waals surface area (Å²) in [6, 6.07) is 7.42. The summed E-state index contributed by atoms with van der Waals surface area (Å²) in [7, 11) is 3.06. The molecule has 2 aromatic carbocycles. The third kappa shape index (κ3) is 6.04. The predicted octanol–water partition coefficient (Wildman–Crippen LogP) is 3.89. The molecule has 1 aromatic heterocycles. The monoisotopic (exact) mass is 633 g/mol. The molecule has 0 fully saturated rings. The van der Waals surface area contributed by atoms with E-state index in [4.69, 9.17) is 42.5 Å². The molecule has 0 aliphatic carbocycles. The number of benzene rings is 2. The molecular formula is C29H29Cl2N3O7S. The minimum absolute atomic E-state index is 0.0274. The molecule has 0 spiro atoms. The van der Waals surface area contributed by atoms with Gasteiger partial charge in [0.2, 0.25) is 0 Å². The topological polar surface area (TPSA) is 120 Å². The molecule has 13 heteroatoms. The van der Waals surface area contributed by atoms with Gasteiger partial charge in [0.25, 0.3) is 11.5 Å². The normalized spacial score (nSPS) is 14.7. The van der Waals surface area contributed by atoms with Gasteiger partial charge in [-0.3, -0.25) is 14.2 Å². The number of nitrogens with zero attached hydrogens (tertiary/aromatic N) is 3. The van der Waals surface area contributed by atoms with Crippen LogP contribution in [0.15, 0.2) is 51.4 Å². The van der Waals surface area contributed by atoms with Gasteiger partial charge in [0.05, 0.1) is 40.1 Å². The summed E-state index contributed by atoms with van der Waals surface area (Å²) in [6.07, 6.45) is 1.60. The molecule has 1 atom stereocenters. The predicted molar refractivity (Wildman–Crippen MR) is 161 cm³/mol. The Hall–Kier alpha value is -3.80. The Bertz CT molecular complexity index is 1740. The summed E-state index contributed by atoms with van der Waals surface area (Å²) in [5.41, 5.74) is 1.52. The number of halogens is 2. The SMILES string of the molecule is CCN(CC)C(=O)C1=C(C)N=c2s/c(=C/c3cc(Cl)c(OCC(=O)O)c(Cl)c3)c(=O)n2[C@H]1c1cc(OC)ccc1OC. The number of hydrogen-bond donors (Lipinski definition) is 1. The number of aliphatic carboxylic acids is 1. The second-order valence-electron chi connectivity index (χ2n) is 9.16. The summed E-state index contributed by atoms with van der Waals surface area (Å²) >= 11 is 13.8. The average molecular weight is 635 g/mol. The largest absolute Gasteiger partial charge is 0.497 e. The number of carboxylic acid groups (broad SMARTS) is 1. The number of carbonyl (C=O) groups excluding carboxylic acids is 1. The first kappa shape index (κ1) is 31.1. The summed E-state index contributed by atoms with van der Waals surface area (Å²) in [4.78, 5) is 45.6. The Balaban J connectivity index is 1.95. The molecule has 0 saturated carbocycles. The minimum Gasteiger partial charge on any atom is -0.497 e. The zero-order valence-corrected chi connectivity index (χ0v) is 25.9. The van der Waals surface area contributed by atoms with E-state index in [-0.39, 0.29) is 27.3 Å². The summed E-state index contributed by atoms with van der Waals surface area (Å²) in [5.74, 6) is -0.374. The van der Waals surface area contributed by atoms with Crippen LogP contribution in [-0.2, 0) is 9.59 Å². The molecule has 3 aromatic rings. The first-order chi connectivity index (χ1) is 20.0. The lowest BCUT2D eigenvalue weighted by atomic mass is 9.93. The highest BCUT2D eigenvalue weighted by Crippen LogP contribution is 2.38. The number of likely N-dealkylation sites (N-methyl/N-ethyl adjacent to an activating group) is 1. The Morgan fingerprint density at radius 1 is 1.12 bits per heavy atom. The van der Waals surface area contributed by atoms with Crippen LogP contribution in [0, 0.1) is 0 Å². The van der Waals surface area contributed by atoms with Crippen LogP contribution in [0.2, 0.25) is 10.0 Å². The Morgan fingerprint density at radius 2 is 1.79 bits per heavy atom. The Labute approximate surface area is 255 Å². The third-order valence-corrected chi connectivity index (χ3v) is 8.24. The number of allylic oxidation sites excluding steroid dienone is 1. The number of fused-ring (bicyclic) bond motifs is 1. The lowest BCUT2D eigenvalue weighted by Crippen LogP contribution is -2.43. The van der Waals surface area contributed by atoms with Crippen LogP contribution in [-0.4, -0.2) is 60.4 Å². The average Bonchev–Trinajstić information content (AvgIpc) is 3.25. The van der Waals surface area contributed by atoms with E-state index >= 15 is 0 Å². The lowest BCUT2D eigenvalue weighted by molar-refractivity contribution is -0.139. The molecular weight excluding hydrogens is 605 g/mol. The van der Waals surface area contributed by atoms with Crippen LogP contribution in [0.5, 0.6) is 17.2 Å². The maximum Gasteiger partial charge on any atom is 0.341 e. The maximum absolute atomic E-state index is 14.1. The van der Waals surface area contributed by atoms with E-state index in [0.717, 1.165) is 11.3 Å². The molecule has 4 rings (SSSR count). The first-order valence-corrected chi connectivity index (χ1v) is 14.5.